The van der Waals surface area contributed by atoms with Gasteiger partial charge in [-0.15, -0.1) is 0 Å². The Morgan fingerprint density at radius 2 is 1.27 bits per heavy atom. The second kappa shape index (κ2) is 10.5. The van der Waals surface area contributed by atoms with Crippen molar-refractivity contribution in [3.8, 4) is 11.5 Å². The van der Waals surface area contributed by atoms with Gasteiger partial charge < -0.3 is 20.1 Å². The first-order chi connectivity index (χ1) is 15.8. The third-order valence-corrected chi connectivity index (χ3v) is 5.10. The van der Waals surface area contributed by atoms with Crippen LogP contribution in [0, 0.1) is 13.8 Å². The average Bonchev–Trinajstić information content (AvgIpc) is 2.79. The summed E-state index contributed by atoms with van der Waals surface area (Å²) in [6.45, 7) is 4.97. The summed E-state index contributed by atoms with van der Waals surface area (Å²) < 4.78 is 10.5. The number of hydrogen-bond acceptors (Lipinski definition) is 5. The lowest BCUT2D eigenvalue weighted by molar-refractivity contribution is -0.132. The van der Waals surface area contributed by atoms with Crippen molar-refractivity contribution >= 4 is 17.8 Å². The van der Waals surface area contributed by atoms with Crippen LogP contribution in [0.3, 0.4) is 0 Å². The van der Waals surface area contributed by atoms with E-state index in [-0.39, 0.29) is 17.6 Å². The van der Waals surface area contributed by atoms with Crippen molar-refractivity contribution in [2.24, 2.45) is 0 Å². The normalized spacial score (nSPS) is 10.5. The molecule has 0 spiro atoms. The molecule has 0 aliphatic rings. The fraction of sp³-hybridized carbons (Fsp3) is 0.192. The Morgan fingerprint density at radius 1 is 0.758 bits per heavy atom. The summed E-state index contributed by atoms with van der Waals surface area (Å²) >= 11 is 0. The van der Waals surface area contributed by atoms with E-state index in [0.717, 1.165) is 11.1 Å². The van der Waals surface area contributed by atoms with Crippen LogP contribution in [0.5, 0.6) is 11.5 Å². The average molecular weight is 447 g/mol. The smallest absolute Gasteiger partial charge is 0.308 e. The first-order valence-corrected chi connectivity index (χ1v) is 10.4. The molecule has 3 rings (SSSR count). The molecule has 0 saturated heterocycles. The topological polar surface area (TPSA) is 93.7 Å². The highest BCUT2D eigenvalue weighted by Gasteiger charge is 2.22. The first kappa shape index (κ1) is 23.5. The molecule has 7 heteroatoms. The van der Waals surface area contributed by atoms with Crippen LogP contribution in [0.4, 0.5) is 0 Å². The summed E-state index contributed by atoms with van der Waals surface area (Å²) in [5.41, 5.74) is 3.16. The number of ether oxygens (including phenoxy) is 2. The summed E-state index contributed by atoms with van der Waals surface area (Å²) in [5, 5.41) is 5.78. The van der Waals surface area contributed by atoms with Crippen LogP contribution in [0.1, 0.15) is 50.5 Å². The summed E-state index contributed by atoms with van der Waals surface area (Å²) in [6.07, 6.45) is -0.871. The van der Waals surface area contributed by atoms with E-state index < -0.39 is 12.1 Å². The molecule has 0 radical (unpaired) electrons. The standard InChI is InChI=1S/C26H26N2O5/c1-16-9-5-7-11-20(16)25(30)27-24(28-26(31)21-12-8-6-10-17(21)2)19-13-14-22(33-18(3)29)23(15-19)32-4/h5-15,24H,1-4H3,(H,27,30)(H,28,31). The molecule has 0 saturated carbocycles. The van der Waals surface area contributed by atoms with Gasteiger partial charge in [-0.2, -0.15) is 0 Å². The van der Waals surface area contributed by atoms with Gasteiger partial charge in [0, 0.05) is 18.1 Å². The Kier molecular flexibility index (Phi) is 7.46. The van der Waals surface area contributed by atoms with Gasteiger partial charge in [0.1, 0.15) is 6.17 Å². The Balaban J connectivity index is 1.97. The molecule has 0 bridgehead atoms. The number of aryl methyl sites for hydroxylation is 2. The summed E-state index contributed by atoms with van der Waals surface area (Å²) in [4.78, 5) is 37.5. The number of nitrogens with one attached hydrogen (secondary N) is 2. The predicted molar refractivity (Wildman–Crippen MR) is 124 cm³/mol. The van der Waals surface area contributed by atoms with Crippen molar-refractivity contribution in [2.75, 3.05) is 7.11 Å². The molecule has 3 aromatic carbocycles. The molecule has 2 amide bonds. The maximum atomic E-state index is 13.0. The Labute approximate surface area is 192 Å². The first-order valence-electron chi connectivity index (χ1n) is 10.4. The molecule has 0 aromatic heterocycles. The molecule has 0 aliphatic heterocycles. The summed E-state index contributed by atoms with van der Waals surface area (Å²) in [6, 6.07) is 19.2. The molecule has 0 unspecified atom stereocenters. The summed E-state index contributed by atoms with van der Waals surface area (Å²) in [7, 11) is 1.44. The highest BCUT2D eigenvalue weighted by Crippen LogP contribution is 2.30. The van der Waals surface area contributed by atoms with Crippen molar-refractivity contribution in [3.63, 3.8) is 0 Å². The second-order valence-corrected chi connectivity index (χ2v) is 7.51. The summed E-state index contributed by atoms with van der Waals surface area (Å²) in [5.74, 6) is -0.637. The van der Waals surface area contributed by atoms with Gasteiger partial charge in [0.15, 0.2) is 11.5 Å². The lowest BCUT2D eigenvalue weighted by Gasteiger charge is -2.23. The van der Waals surface area contributed by atoms with E-state index in [1.165, 1.54) is 14.0 Å². The highest BCUT2D eigenvalue weighted by atomic mass is 16.6. The fourth-order valence-electron chi connectivity index (χ4n) is 3.38. The number of rotatable bonds is 7. The van der Waals surface area contributed by atoms with Gasteiger partial charge in [0.25, 0.3) is 11.8 Å². The fourth-order valence-corrected chi connectivity index (χ4v) is 3.38. The quantitative estimate of drug-likeness (QED) is 0.324. The minimum Gasteiger partial charge on any atom is -0.493 e. The van der Waals surface area contributed by atoms with Crippen molar-refractivity contribution in [2.45, 2.75) is 26.9 Å². The Bertz CT molecular complexity index is 1130. The molecule has 3 aromatic rings. The zero-order valence-electron chi connectivity index (χ0n) is 19.0. The molecular formula is C26H26N2O5. The van der Waals surface area contributed by atoms with Crippen molar-refractivity contribution in [1.82, 2.24) is 10.6 Å². The van der Waals surface area contributed by atoms with Crippen LogP contribution in [0.15, 0.2) is 66.7 Å². The van der Waals surface area contributed by atoms with E-state index in [2.05, 4.69) is 10.6 Å². The van der Waals surface area contributed by atoms with E-state index in [1.54, 1.807) is 42.5 Å². The number of methoxy groups -OCH3 is 1. The molecule has 2 N–H and O–H groups in total. The van der Waals surface area contributed by atoms with E-state index in [1.807, 2.05) is 38.1 Å². The SMILES string of the molecule is COc1cc(C(NC(=O)c2ccccc2C)NC(=O)c2ccccc2C)ccc1OC(C)=O. The van der Waals surface area contributed by atoms with Crippen LogP contribution < -0.4 is 20.1 Å². The van der Waals surface area contributed by atoms with E-state index in [9.17, 15) is 14.4 Å². The van der Waals surface area contributed by atoms with Gasteiger partial charge in [0.05, 0.1) is 7.11 Å². The molecular weight excluding hydrogens is 420 g/mol. The number of carbonyl (C=O) groups is 3. The number of amides is 2. The van der Waals surface area contributed by atoms with E-state index >= 15 is 0 Å². The zero-order valence-corrected chi connectivity index (χ0v) is 19.0. The monoisotopic (exact) mass is 446 g/mol. The molecule has 0 atom stereocenters. The van der Waals surface area contributed by atoms with Crippen molar-refractivity contribution in [1.29, 1.82) is 0 Å². The van der Waals surface area contributed by atoms with Gasteiger partial charge in [-0.05, 0) is 54.8 Å². The number of hydrogen-bond donors (Lipinski definition) is 2. The largest absolute Gasteiger partial charge is 0.493 e. The maximum Gasteiger partial charge on any atom is 0.308 e. The maximum absolute atomic E-state index is 13.0. The van der Waals surface area contributed by atoms with Crippen LogP contribution in [0.25, 0.3) is 0 Å². The molecule has 170 valence electrons. The van der Waals surface area contributed by atoms with Crippen LogP contribution in [-0.4, -0.2) is 24.9 Å². The van der Waals surface area contributed by atoms with Crippen LogP contribution in [-0.2, 0) is 4.79 Å². The van der Waals surface area contributed by atoms with Gasteiger partial charge in [-0.1, -0.05) is 42.5 Å². The second-order valence-electron chi connectivity index (χ2n) is 7.51. The molecule has 7 nitrogen and oxygen atoms in total. The zero-order chi connectivity index (χ0) is 24.0. The van der Waals surface area contributed by atoms with Gasteiger partial charge >= 0.3 is 5.97 Å². The van der Waals surface area contributed by atoms with E-state index in [0.29, 0.717) is 22.4 Å². The third-order valence-electron chi connectivity index (χ3n) is 5.10. The van der Waals surface area contributed by atoms with Crippen molar-refractivity contribution in [3.05, 3.63) is 94.5 Å². The highest BCUT2D eigenvalue weighted by molar-refractivity contribution is 5.98. The van der Waals surface area contributed by atoms with Gasteiger partial charge in [-0.25, -0.2) is 0 Å². The molecule has 0 heterocycles. The Hall–Kier alpha value is -4.13. The predicted octanol–water partition coefficient (Wildman–Crippen LogP) is 4.10. The Morgan fingerprint density at radius 3 is 1.73 bits per heavy atom. The lowest BCUT2D eigenvalue weighted by atomic mass is 10.1. The lowest BCUT2D eigenvalue weighted by Crippen LogP contribution is -2.41. The van der Waals surface area contributed by atoms with Gasteiger partial charge in [-0.3, -0.25) is 14.4 Å². The van der Waals surface area contributed by atoms with Crippen molar-refractivity contribution < 1.29 is 23.9 Å². The van der Waals surface area contributed by atoms with Crippen LogP contribution >= 0.6 is 0 Å². The molecule has 0 aliphatic carbocycles. The van der Waals surface area contributed by atoms with E-state index in [4.69, 9.17) is 9.47 Å². The number of esters is 1. The third kappa shape index (κ3) is 5.77. The number of benzene rings is 3. The minimum absolute atomic E-state index is 0.239. The van der Waals surface area contributed by atoms with Crippen LogP contribution in [0.2, 0.25) is 0 Å². The number of carbonyl (C=O) groups excluding carboxylic acids is 3. The molecule has 33 heavy (non-hydrogen) atoms. The van der Waals surface area contributed by atoms with Gasteiger partial charge in [0.2, 0.25) is 0 Å². The minimum atomic E-state index is -0.871. The molecule has 0 fully saturated rings.